The van der Waals surface area contributed by atoms with Crippen LogP contribution in [0.25, 0.3) is 0 Å². The van der Waals surface area contributed by atoms with Crippen LogP contribution in [0.5, 0.6) is 0 Å². The minimum absolute atomic E-state index is 0.0678. The van der Waals surface area contributed by atoms with Crippen molar-refractivity contribution in [2.45, 2.75) is 57.7 Å². The van der Waals surface area contributed by atoms with Gasteiger partial charge in [-0.15, -0.1) is 0 Å². The summed E-state index contributed by atoms with van der Waals surface area (Å²) in [6, 6.07) is 1.11. The summed E-state index contributed by atoms with van der Waals surface area (Å²) in [4.78, 5) is 14.3. The summed E-state index contributed by atoms with van der Waals surface area (Å²) >= 11 is 0. The zero-order chi connectivity index (χ0) is 12.3. The largest absolute Gasteiger partial charge is 0.355 e. The van der Waals surface area contributed by atoms with E-state index in [4.69, 9.17) is 0 Å². The fraction of sp³-hybridized carbons (Fsp3) is 0.923. The molecule has 4 nitrogen and oxygen atoms in total. The maximum atomic E-state index is 11.7. The number of amides is 1. The second kappa shape index (κ2) is 5.83. The van der Waals surface area contributed by atoms with Crippen molar-refractivity contribution in [1.82, 2.24) is 15.5 Å². The molecule has 0 aliphatic carbocycles. The molecule has 17 heavy (non-hydrogen) atoms. The minimum Gasteiger partial charge on any atom is -0.355 e. The van der Waals surface area contributed by atoms with Crippen molar-refractivity contribution in [2.75, 3.05) is 19.6 Å². The Morgan fingerprint density at radius 1 is 1.35 bits per heavy atom. The molecular weight excluding hydrogens is 214 g/mol. The molecule has 0 saturated carbocycles. The number of likely N-dealkylation sites (N-methyl/N-ethyl adjacent to an activating group) is 1. The Balaban J connectivity index is 1.84. The Kier molecular flexibility index (Phi) is 4.40. The number of hydrogen-bond donors (Lipinski definition) is 2. The lowest BCUT2D eigenvalue weighted by atomic mass is 9.98. The fourth-order valence-electron chi connectivity index (χ4n) is 3.17. The molecule has 2 N–H and O–H groups in total. The highest BCUT2D eigenvalue weighted by molar-refractivity contribution is 5.81. The van der Waals surface area contributed by atoms with Gasteiger partial charge < -0.3 is 10.6 Å². The number of fused-ring (bicyclic) bond motifs is 1. The summed E-state index contributed by atoms with van der Waals surface area (Å²) in [5.41, 5.74) is 0. The summed E-state index contributed by atoms with van der Waals surface area (Å²) < 4.78 is 0. The molecule has 2 fully saturated rings. The monoisotopic (exact) mass is 239 g/mol. The van der Waals surface area contributed by atoms with E-state index in [9.17, 15) is 4.79 Å². The van der Waals surface area contributed by atoms with Gasteiger partial charge in [-0.2, -0.15) is 0 Å². The van der Waals surface area contributed by atoms with Gasteiger partial charge >= 0.3 is 0 Å². The van der Waals surface area contributed by atoms with Gasteiger partial charge in [0.1, 0.15) is 0 Å². The molecule has 0 bridgehead atoms. The van der Waals surface area contributed by atoms with E-state index in [2.05, 4.69) is 15.5 Å². The van der Waals surface area contributed by atoms with Crippen molar-refractivity contribution in [3.63, 3.8) is 0 Å². The summed E-state index contributed by atoms with van der Waals surface area (Å²) in [5.74, 6) is 0.127. The van der Waals surface area contributed by atoms with E-state index < -0.39 is 0 Å². The van der Waals surface area contributed by atoms with Gasteiger partial charge in [0.25, 0.3) is 0 Å². The summed E-state index contributed by atoms with van der Waals surface area (Å²) in [6.45, 7) is 7.09. The van der Waals surface area contributed by atoms with Crippen LogP contribution in [0.15, 0.2) is 0 Å². The summed E-state index contributed by atoms with van der Waals surface area (Å²) in [6.07, 6.45) is 5.16. The van der Waals surface area contributed by atoms with E-state index in [0.717, 1.165) is 0 Å². The molecule has 0 aromatic rings. The minimum atomic E-state index is -0.0678. The third-order valence-electron chi connectivity index (χ3n) is 4.06. The molecule has 4 heteroatoms. The van der Waals surface area contributed by atoms with Gasteiger partial charge in [0.15, 0.2) is 0 Å². The Morgan fingerprint density at radius 3 is 2.94 bits per heavy atom. The second-order valence-electron chi connectivity index (χ2n) is 5.28. The third-order valence-corrected chi connectivity index (χ3v) is 4.06. The van der Waals surface area contributed by atoms with E-state index in [1.54, 1.807) is 0 Å². The van der Waals surface area contributed by atoms with Crippen molar-refractivity contribution in [3.05, 3.63) is 0 Å². The van der Waals surface area contributed by atoms with Crippen LogP contribution in [0.3, 0.4) is 0 Å². The van der Waals surface area contributed by atoms with Crippen molar-refractivity contribution in [1.29, 1.82) is 0 Å². The van der Waals surface area contributed by atoms with Crippen LogP contribution in [0.2, 0.25) is 0 Å². The van der Waals surface area contributed by atoms with Crippen LogP contribution >= 0.6 is 0 Å². The lowest BCUT2D eigenvalue weighted by molar-refractivity contribution is -0.122. The van der Waals surface area contributed by atoms with Crippen LogP contribution in [0, 0.1) is 0 Å². The lowest BCUT2D eigenvalue weighted by Crippen LogP contribution is -2.51. The molecule has 2 aliphatic rings. The highest BCUT2D eigenvalue weighted by atomic mass is 16.2. The van der Waals surface area contributed by atoms with Crippen molar-refractivity contribution in [3.8, 4) is 0 Å². The van der Waals surface area contributed by atoms with Gasteiger partial charge in [0, 0.05) is 25.2 Å². The zero-order valence-electron chi connectivity index (χ0n) is 11.0. The van der Waals surface area contributed by atoms with E-state index in [1.165, 1.54) is 38.8 Å². The number of rotatable bonds is 4. The maximum absolute atomic E-state index is 11.7. The summed E-state index contributed by atoms with van der Waals surface area (Å²) in [7, 11) is 0. The second-order valence-corrected chi connectivity index (χ2v) is 5.28. The summed E-state index contributed by atoms with van der Waals surface area (Å²) in [5, 5.41) is 6.39. The Morgan fingerprint density at radius 2 is 2.18 bits per heavy atom. The van der Waals surface area contributed by atoms with E-state index >= 15 is 0 Å². The molecule has 2 saturated heterocycles. The van der Waals surface area contributed by atoms with Gasteiger partial charge in [-0.05, 0) is 39.7 Å². The molecule has 0 aromatic carbocycles. The molecule has 2 heterocycles. The highest BCUT2D eigenvalue weighted by Gasteiger charge is 2.36. The number of nitrogens with zero attached hydrogens (tertiary/aromatic N) is 1. The molecule has 3 atom stereocenters. The van der Waals surface area contributed by atoms with Crippen molar-refractivity contribution < 1.29 is 4.79 Å². The maximum Gasteiger partial charge on any atom is 0.236 e. The molecule has 1 amide bonds. The lowest BCUT2D eigenvalue weighted by Gasteiger charge is -2.33. The smallest absolute Gasteiger partial charge is 0.236 e. The quantitative estimate of drug-likeness (QED) is 0.760. The van der Waals surface area contributed by atoms with Crippen LogP contribution in [0.4, 0.5) is 0 Å². The van der Waals surface area contributed by atoms with Gasteiger partial charge in [-0.25, -0.2) is 0 Å². The SMILES string of the molecule is CCNC(=O)C(C)NC1CCN2CCCCC12. The average molecular weight is 239 g/mol. The first-order valence-electron chi connectivity index (χ1n) is 7.00. The number of carbonyl (C=O) groups excluding carboxylic acids is 1. The van der Waals surface area contributed by atoms with Crippen molar-refractivity contribution in [2.24, 2.45) is 0 Å². The van der Waals surface area contributed by atoms with E-state index in [-0.39, 0.29) is 11.9 Å². The third kappa shape index (κ3) is 2.99. The zero-order valence-corrected chi connectivity index (χ0v) is 11.0. The Hall–Kier alpha value is -0.610. The van der Waals surface area contributed by atoms with Gasteiger partial charge in [-0.1, -0.05) is 6.42 Å². The first-order chi connectivity index (χ1) is 8.22. The van der Waals surface area contributed by atoms with Crippen LogP contribution in [-0.2, 0) is 4.79 Å². The first-order valence-corrected chi connectivity index (χ1v) is 7.00. The molecule has 98 valence electrons. The van der Waals surface area contributed by atoms with Gasteiger partial charge in [0.2, 0.25) is 5.91 Å². The average Bonchev–Trinajstić information content (AvgIpc) is 2.73. The van der Waals surface area contributed by atoms with Crippen LogP contribution in [-0.4, -0.2) is 48.6 Å². The molecule has 0 radical (unpaired) electrons. The highest BCUT2D eigenvalue weighted by Crippen LogP contribution is 2.27. The van der Waals surface area contributed by atoms with E-state index in [1.807, 2.05) is 13.8 Å². The first kappa shape index (κ1) is 12.8. The number of piperidine rings is 1. The Labute approximate surface area is 104 Å². The molecular formula is C13H25N3O. The molecule has 3 unspecified atom stereocenters. The van der Waals surface area contributed by atoms with Gasteiger partial charge in [0.05, 0.1) is 6.04 Å². The number of hydrogen-bond acceptors (Lipinski definition) is 3. The Bertz CT molecular complexity index is 269. The predicted octanol–water partition coefficient (Wildman–Crippen LogP) is 0.727. The predicted molar refractivity (Wildman–Crippen MR) is 68.9 cm³/mol. The fourth-order valence-corrected chi connectivity index (χ4v) is 3.17. The number of nitrogens with one attached hydrogen (secondary N) is 2. The molecule has 0 aromatic heterocycles. The standard InChI is InChI=1S/C13H25N3O/c1-3-14-13(17)10(2)15-11-7-9-16-8-5-4-6-12(11)16/h10-12,15H,3-9H2,1-2H3,(H,14,17). The normalized spacial score (nSPS) is 30.9. The van der Waals surface area contributed by atoms with Crippen molar-refractivity contribution >= 4 is 5.91 Å². The van der Waals surface area contributed by atoms with E-state index in [0.29, 0.717) is 18.6 Å². The van der Waals surface area contributed by atoms with Crippen LogP contribution < -0.4 is 10.6 Å². The van der Waals surface area contributed by atoms with Crippen LogP contribution in [0.1, 0.15) is 39.5 Å². The van der Waals surface area contributed by atoms with Gasteiger partial charge in [-0.3, -0.25) is 9.69 Å². The molecule has 2 rings (SSSR count). The topological polar surface area (TPSA) is 44.4 Å². The molecule has 0 spiro atoms. The number of carbonyl (C=O) groups is 1. The molecule has 2 aliphatic heterocycles.